The molecule has 0 radical (unpaired) electrons. The van der Waals surface area contributed by atoms with Gasteiger partial charge in [-0.3, -0.25) is 4.79 Å². The fourth-order valence-electron chi connectivity index (χ4n) is 1.71. The Labute approximate surface area is 106 Å². The third-order valence-corrected chi connectivity index (χ3v) is 5.60. The first-order valence-electron chi connectivity index (χ1n) is 5.61. The molecule has 17 heavy (non-hydrogen) atoms. The third kappa shape index (κ3) is 4.85. The van der Waals surface area contributed by atoms with Gasteiger partial charge in [-0.1, -0.05) is 0 Å². The van der Waals surface area contributed by atoms with Gasteiger partial charge in [0.05, 0.1) is 17.3 Å². The molecular formula is C10H19NO4S2. The minimum absolute atomic E-state index is 0.0324. The summed E-state index contributed by atoms with van der Waals surface area (Å²) in [5.74, 6) is 1.35. The van der Waals surface area contributed by atoms with Crippen molar-refractivity contribution in [2.45, 2.75) is 18.9 Å². The molecule has 1 amide bonds. The highest BCUT2D eigenvalue weighted by Gasteiger charge is 2.32. The number of thioether (sulfide) groups is 1. The number of carbonyl (C=O) groups excluding carboxylic acids is 1. The Bertz CT molecular complexity index is 355. The lowest BCUT2D eigenvalue weighted by molar-refractivity contribution is -0.128. The van der Waals surface area contributed by atoms with E-state index in [0.29, 0.717) is 18.6 Å². The summed E-state index contributed by atoms with van der Waals surface area (Å²) in [4.78, 5) is 13.3. The largest absolute Gasteiger partial charge is 0.396 e. The maximum atomic E-state index is 11.8. The number of nitrogens with zero attached hydrogens (tertiary/aromatic N) is 1. The maximum Gasteiger partial charge on any atom is 0.232 e. The molecule has 1 N–H and O–H groups in total. The van der Waals surface area contributed by atoms with Crippen LogP contribution in [0.25, 0.3) is 0 Å². The number of aliphatic hydroxyl groups is 1. The van der Waals surface area contributed by atoms with Gasteiger partial charge in [0.1, 0.15) is 0 Å². The molecule has 1 unspecified atom stereocenters. The third-order valence-electron chi connectivity index (χ3n) is 2.82. The average molecular weight is 281 g/mol. The Morgan fingerprint density at radius 1 is 1.53 bits per heavy atom. The lowest BCUT2D eigenvalue weighted by Gasteiger charge is -2.23. The predicted octanol–water partition coefficient (Wildman–Crippen LogP) is -0.253. The van der Waals surface area contributed by atoms with Crippen molar-refractivity contribution < 1.29 is 18.3 Å². The molecule has 1 atom stereocenters. The minimum Gasteiger partial charge on any atom is -0.396 e. The minimum atomic E-state index is -2.94. The van der Waals surface area contributed by atoms with Crippen LogP contribution in [0, 0.1) is 0 Å². The quantitative estimate of drug-likeness (QED) is 0.679. The lowest BCUT2D eigenvalue weighted by atomic mass is 10.2. The second kappa shape index (κ2) is 6.61. The normalized spacial score (nSPS) is 22.6. The summed E-state index contributed by atoms with van der Waals surface area (Å²) < 4.78 is 22.6. The zero-order chi connectivity index (χ0) is 12.9. The molecular weight excluding hydrogens is 262 g/mol. The number of amides is 1. The van der Waals surface area contributed by atoms with Gasteiger partial charge in [-0.15, -0.1) is 0 Å². The topological polar surface area (TPSA) is 74.7 Å². The van der Waals surface area contributed by atoms with Crippen LogP contribution in [-0.4, -0.2) is 67.0 Å². The Morgan fingerprint density at radius 2 is 2.24 bits per heavy atom. The van der Waals surface area contributed by atoms with Crippen LogP contribution in [0.1, 0.15) is 12.8 Å². The standard InChI is InChI=1S/C10H19NO4S2/c1-11(9-3-6-17(14,15)8-9)10(13)7-16-5-2-4-12/h9,12H,2-8H2,1H3. The first-order chi connectivity index (χ1) is 7.96. The van der Waals surface area contributed by atoms with Gasteiger partial charge in [-0.05, 0) is 18.6 Å². The van der Waals surface area contributed by atoms with E-state index >= 15 is 0 Å². The average Bonchev–Trinajstić information content (AvgIpc) is 2.64. The zero-order valence-electron chi connectivity index (χ0n) is 9.96. The van der Waals surface area contributed by atoms with Crippen molar-refractivity contribution in [2.24, 2.45) is 0 Å². The second-order valence-electron chi connectivity index (χ2n) is 4.19. The van der Waals surface area contributed by atoms with Crippen molar-refractivity contribution >= 4 is 27.5 Å². The molecule has 1 saturated heterocycles. The summed E-state index contributed by atoms with van der Waals surface area (Å²) in [7, 11) is -1.27. The van der Waals surface area contributed by atoms with Crippen molar-refractivity contribution in [3.8, 4) is 0 Å². The maximum absolute atomic E-state index is 11.8. The fourth-order valence-corrected chi connectivity index (χ4v) is 4.34. The summed E-state index contributed by atoms with van der Waals surface area (Å²) in [6.45, 7) is 0.137. The zero-order valence-corrected chi connectivity index (χ0v) is 11.6. The van der Waals surface area contributed by atoms with Gasteiger partial charge in [0.2, 0.25) is 5.91 Å². The van der Waals surface area contributed by atoms with Crippen LogP contribution in [0.15, 0.2) is 0 Å². The molecule has 1 heterocycles. The van der Waals surface area contributed by atoms with E-state index in [9.17, 15) is 13.2 Å². The molecule has 0 aromatic rings. The van der Waals surface area contributed by atoms with Crippen molar-refractivity contribution in [1.82, 2.24) is 4.90 Å². The van der Waals surface area contributed by atoms with Gasteiger partial charge in [0, 0.05) is 19.7 Å². The van der Waals surface area contributed by atoms with E-state index in [2.05, 4.69) is 0 Å². The molecule has 5 nitrogen and oxygen atoms in total. The van der Waals surface area contributed by atoms with Gasteiger partial charge in [-0.25, -0.2) is 8.42 Å². The molecule has 1 fully saturated rings. The number of hydrogen-bond acceptors (Lipinski definition) is 5. The summed E-state index contributed by atoms with van der Waals surface area (Å²) in [6.07, 6.45) is 1.23. The Kier molecular flexibility index (Phi) is 5.75. The second-order valence-corrected chi connectivity index (χ2v) is 7.53. The van der Waals surface area contributed by atoms with E-state index in [1.54, 1.807) is 11.9 Å². The van der Waals surface area contributed by atoms with E-state index in [0.717, 1.165) is 5.75 Å². The highest BCUT2D eigenvalue weighted by Crippen LogP contribution is 2.17. The highest BCUT2D eigenvalue weighted by atomic mass is 32.2. The van der Waals surface area contributed by atoms with Crippen LogP contribution in [-0.2, 0) is 14.6 Å². The summed E-state index contributed by atoms with van der Waals surface area (Å²) in [6, 6.07) is -0.161. The van der Waals surface area contributed by atoms with Crippen molar-refractivity contribution in [1.29, 1.82) is 0 Å². The molecule has 0 aromatic carbocycles. The Balaban J connectivity index is 2.32. The summed E-state index contributed by atoms with van der Waals surface area (Å²) in [5, 5.41) is 8.60. The number of rotatable bonds is 6. The first kappa shape index (κ1) is 14.8. The van der Waals surface area contributed by atoms with Crippen LogP contribution in [0.2, 0.25) is 0 Å². The molecule has 0 saturated carbocycles. The van der Waals surface area contributed by atoms with Crippen molar-refractivity contribution in [3.05, 3.63) is 0 Å². The molecule has 0 aromatic heterocycles. The molecule has 0 spiro atoms. The van der Waals surface area contributed by atoms with Gasteiger partial charge in [-0.2, -0.15) is 11.8 Å². The van der Waals surface area contributed by atoms with E-state index < -0.39 is 9.84 Å². The molecule has 1 rings (SSSR count). The summed E-state index contributed by atoms with van der Waals surface area (Å²) in [5.41, 5.74) is 0. The Hall–Kier alpha value is -0.270. The summed E-state index contributed by atoms with van der Waals surface area (Å²) >= 11 is 1.47. The first-order valence-corrected chi connectivity index (χ1v) is 8.58. The van der Waals surface area contributed by atoms with E-state index in [4.69, 9.17) is 5.11 Å². The number of hydrogen-bond donors (Lipinski definition) is 1. The number of carbonyl (C=O) groups is 1. The molecule has 1 aliphatic rings. The lowest BCUT2D eigenvalue weighted by Crippen LogP contribution is -2.38. The molecule has 7 heteroatoms. The monoisotopic (exact) mass is 281 g/mol. The van der Waals surface area contributed by atoms with E-state index in [1.807, 2.05) is 0 Å². The number of sulfone groups is 1. The van der Waals surface area contributed by atoms with Gasteiger partial charge < -0.3 is 10.0 Å². The fraction of sp³-hybridized carbons (Fsp3) is 0.900. The van der Waals surface area contributed by atoms with Crippen LogP contribution < -0.4 is 0 Å². The van der Waals surface area contributed by atoms with Gasteiger partial charge in [0.15, 0.2) is 9.84 Å². The predicted molar refractivity (Wildman–Crippen MR) is 68.9 cm³/mol. The van der Waals surface area contributed by atoms with Crippen LogP contribution in [0.5, 0.6) is 0 Å². The highest BCUT2D eigenvalue weighted by molar-refractivity contribution is 7.99. The number of aliphatic hydroxyl groups excluding tert-OH is 1. The molecule has 0 aliphatic carbocycles. The van der Waals surface area contributed by atoms with E-state index in [1.165, 1.54) is 11.8 Å². The molecule has 0 bridgehead atoms. The SMILES string of the molecule is CN(C(=O)CSCCCO)C1CCS(=O)(=O)C1. The van der Waals surface area contributed by atoms with Gasteiger partial charge in [0.25, 0.3) is 0 Å². The van der Waals surface area contributed by atoms with Crippen molar-refractivity contribution in [2.75, 3.05) is 36.7 Å². The Morgan fingerprint density at radius 3 is 2.76 bits per heavy atom. The molecule has 100 valence electrons. The van der Waals surface area contributed by atoms with Crippen LogP contribution >= 0.6 is 11.8 Å². The molecule has 1 aliphatic heterocycles. The van der Waals surface area contributed by atoms with Crippen molar-refractivity contribution in [3.63, 3.8) is 0 Å². The van der Waals surface area contributed by atoms with Gasteiger partial charge >= 0.3 is 0 Å². The van der Waals surface area contributed by atoms with Crippen LogP contribution in [0.3, 0.4) is 0 Å². The van der Waals surface area contributed by atoms with Crippen LogP contribution in [0.4, 0.5) is 0 Å². The smallest absolute Gasteiger partial charge is 0.232 e. The van der Waals surface area contributed by atoms with E-state index in [-0.39, 0.29) is 30.1 Å².